The van der Waals surface area contributed by atoms with Gasteiger partial charge in [-0.05, 0) is 45.0 Å². The summed E-state index contributed by atoms with van der Waals surface area (Å²) in [4.78, 5) is 2.37. The highest BCUT2D eigenvalue weighted by Gasteiger charge is 2.24. The summed E-state index contributed by atoms with van der Waals surface area (Å²) in [7, 11) is 1.82. The summed E-state index contributed by atoms with van der Waals surface area (Å²) in [5, 5.41) is 3.15. The SMILES string of the molecule is CNC(CCN1CC(C)OCC1C)c1cc(F)cc(F)c1. The minimum absolute atomic E-state index is 0.0550. The first-order valence-electron chi connectivity index (χ1n) is 7.48. The van der Waals surface area contributed by atoms with Crippen LogP contribution in [0.15, 0.2) is 18.2 Å². The second-order valence-electron chi connectivity index (χ2n) is 5.82. The molecule has 3 unspecified atom stereocenters. The number of benzene rings is 1. The zero-order valence-corrected chi connectivity index (χ0v) is 12.9. The van der Waals surface area contributed by atoms with Crippen LogP contribution in [0.4, 0.5) is 8.78 Å². The maximum absolute atomic E-state index is 13.3. The molecule has 1 aliphatic heterocycles. The minimum atomic E-state index is -0.529. The van der Waals surface area contributed by atoms with Gasteiger partial charge in [0.05, 0.1) is 12.7 Å². The Balaban J connectivity index is 1.98. The van der Waals surface area contributed by atoms with Crippen LogP contribution in [0.25, 0.3) is 0 Å². The van der Waals surface area contributed by atoms with Crippen molar-refractivity contribution in [1.29, 1.82) is 0 Å². The number of ether oxygens (including phenoxy) is 1. The number of halogens is 2. The minimum Gasteiger partial charge on any atom is -0.376 e. The molecule has 1 fully saturated rings. The molecule has 0 spiro atoms. The summed E-state index contributed by atoms with van der Waals surface area (Å²) in [6.45, 7) is 6.71. The number of morpholine rings is 1. The van der Waals surface area contributed by atoms with Gasteiger partial charge in [-0.3, -0.25) is 4.90 Å². The molecule has 0 radical (unpaired) electrons. The summed E-state index contributed by atoms with van der Waals surface area (Å²) in [6.07, 6.45) is 1.04. The van der Waals surface area contributed by atoms with Crippen LogP contribution < -0.4 is 5.32 Å². The van der Waals surface area contributed by atoms with Crippen LogP contribution in [0.1, 0.15) is 31.9 Å². The standard InChI is InChI=1S/C16H24F2N2O/c1-11-10-21-12(2)9-20(11)5-4-16(19-3)13-6-14(17)8-15(18)7-13/h6-8,11-12,16,19H,4-5,9-10H2,1-3H3. The van der Waals surface area contributed by atoms with E-state index in [2.05, 4.69) is 24.1 Å². The lowest BCUT2D eigenvalue weighted by Crippen LogP contribution is -2.48. The van der Waals surface area contributed by atoms with Crippen molar-refractivity contribution in [2.24, 2.45) is 0 Å². The molecule has 1 aromatic carbocycles. The third-order valence-electron chi connectivity index (χ3n) is 4.08. The summed E-state index contributed by atoms with van der Waals surface area (Å²) >= 11 is 0. The summed E-state index contributed by atoms with van der Waals surface area (Å²) in [5.74, 6) is -1.06. The highest BCUT2D eigenvalue weighted by molar-refractivity contribution is 5.21. The van der Waals surface area contributed by atoms with E-state index in [9.17, 15) is 8.78 Å². The molecule has 1 heterocycles. The molecular weight excluding hydrogens is 274 g/mol. The average molecular weight is 298 g/mol. The molecule has 1 N–H and O–H groups in total. The fourth-order valence-corrected chi connectivity index (χ4v) is 2.83. The first kappa shape index (κ1) is 16.3. The topological polar surface area (TPSA) is 24.5 Å². The van der Waals surface area contributed by atoms with Crippen LogP contribution in [0.3, 0.4) is 0 Å². The van der Waals surface area contributed by atoms with Crippen molar-refractivity contribution >= 4 is 0 Å². The van der Waals surface area contributed by atoms with E-state index in [0.29, 0.717) is 11.6 Å². The van der Waals surface area contributed by atoms with E-state index in [0.717, 1.165) is 32.2 Å². The van der Waals surface area contributed by atoms with E-state index < -0.39 is 11.6 Å². The number of nitrogens with zero attached hydrogens (tertiary/aromatic N) is 1. The largest absolute Gasteiger partial charge is 0.376 e. The highest BCUT2D eigenvalue weighted by atomic mass is 19.1. The van der Waals surface area contributed by atoms with Crippen molar-refractivity contribution in [3.05, 3.63) is 35.4 Å². The monoisotopic (exact) mass is 298 g/mol. The Morgan fingerprint density at radius 2 is 1.95 bits per heavy atom. The van der Waals surface area contributed by atoms with Crippen molar-refractivity contribution in [3.63, 3.8) is 0 Å². The van der Waals surface area contributed by atoms with Gasteiger partial charge in [-0.15, -0.1) is 0 Å². The van der Waals surface area contributed by atoms with Crippen LogP contribution >= 0.6 is 0 Å². The Labute approximate surface area is 125 Å². The van der Waals surface area contributed by atoms with Gasteiger partial charge in [-0.2, -0.15) is 0 Å². The molecule has 118 valence electrons. The molecule has 0 aliphatic carbocycles. The Morgan fingerprint density at radius 3 is 2.57 bits per heavy atom. The van der Waals surface area contributed by atoms with Crippen molar-refractivity contribution in [2.45, 2.75) is 38.5 Å². The van der Waals surface area contributed by atoms with Crippen molar-refractivity contribution < 1.29 is 13.5 Å². The smallest absolute Gasteiger partial charge is 0.126 e. The molecule has 0 amide bonds. The van der Waals surface area contributed by atoms with Crippen LogP contribution in [-0.2, 0) is 4.74 Å². The molecule has 1 saturated heterocycles. The van der Waals surface area contributed by atoms with Gasteiger partial charge in [0.2, 0.25) is 0 Å². The van der Waals surface area contributed by atoms with Crippen LogP contribution in [0.2, 0.25) is 0 Å². The first-order chi connectivity index (χ1) is 9.99. The molecule has 0 saturated carbocycles. The van der Waals surface area contributed by atoms with E-state index in [1.807, 2.05) is 7.05 Å². The van der Waals surface area contributed by atoms with E-state index in [-0.39, 0.29) is 12.1 Å². The zero-order valence-electron chi connectivity index (χ0n) is 12.9. The van der Waals surface area contributed by atoms with Crippen molar-refractivity contribution in [1.82, 2.24) is 10.2 Å². The summed E-state index contributed by atoms with van der Waals surface area (Å²) < 4.78 is 32.3. The van der Waals surface area contributed by atoms with Gasteiger partial charge in [0.25, 0.3) is 0 Å². The van der Waals surface area contributed by atoms with Gasteiger partial charge in [-0.1, -0.05) is 0 Å². The molecule has 1 aromatic rings. The number of rotatable bonds is 5. The van der Waals surface area contributed by atoms with Gasteiger partial charge in [-0.25, -0.2) is 8.78 Å². The fraction of sp³-hybridized carbons (Fsp3) is 0.625. The van der Waals surface area contributed by atoms with Gasteiger partial charge in [0.1, 0.15) is 11.6 Å². The molecule has 0 bridgehead atoms. The fourth-order valence-electron chi connectivity index (χ4n) is 2.83. The quantitative estimate of drug-likeness (QED) is 0.904. The lowest BCUT2D eigenvalue weighted by atomic mass is 10.0. The van der Waals surface area contributed by atoms with Gasteiger partial charge >= 0.3 is 0 Å². The molecule has 2 rings (SSSR count). The second kappa shape index (κ2) is 7.29. The van der Waals surface area contributed by atoms with Crippen LogP contribution in [0.5, 0.6) is 0 Å². The predicted octanol–water partition coefficient (Wildman–Crippen LogP) is 2.72. The highest BCUT2D eigenvalue weighted by Crippen LogP contribution is 2.21. The zero-order chi connectivity index (χ0) is 15.4. The molecular formula is C16H24F2N2O. The number of nitrogens with one attached hydrogen (secondary N) is 1. The van der Waals surface area contributed by atoms with Crippen molar-refractivity contribution in [3.8, 4) is 0 Å². The predicted molar refractivity (Wildman–Crippen MR) is 79.2 cm³/mol. The lowest BCUT2D eigenvalue weighted by Gasteiger charge is -2.37. The Hall–Kier alpha value is -1.04. The molecule has 5 heteroatoms. The van der Waals surface area contributed by atoms with Gasteiger partial charge in [0, 0.05) is 31.2 Å². The van der Waals surface area contributed by atoms with E-state index in [4.69, 9.17) is 4.74 Å². The molecule has 3 atom stereocenters. The molecule has 0 aromatic heterocycles. The number of hydrogen-bond donors (Lipinski definition) is 1. The van der Waals surface area contributed by atoms with E-state index in [1.54, 1.807) is 0 Å². The van der Waals surface area contributed by atoms with E-state index >= 15 is 0 Å². The third-order valence-corrected chi connectivity index (χ3v) is 4.08. The normalized spacial score (nSPS) is 25.0. The van der Waals surface area contributed by atoms with Crippen LogP contribution in [-0.4, -0.2) is 43.8 Å². The maximum Gasteiger partial charge on any atom is 0.126 e. The average Bonchev–Trinajstić information content (AvgIpc) is 2.42. The molecule has 21 heavy (non-hydrogen) atoms. The number of hydrogen-bond acceptors (Lipinski definition) is 3. The van der Waals surface area contributed by atoms with E-state index in [1.165, 1.54) is 12.1 Å². The Bertz CT molecular complexity index is 449. The summed E-state index contributed by atoms with van der Waals surface area (Å²) in [5.41, 5.74) is 0.656. The second-order valence-corrected chi connectivity index (χ2v) is 5.82. The first-order valence-corrected chi connectivity index (χ1v) is 7.48. The molecule has 3 nitrogen and oxygen atoms in total. The summed E-state index contributed by atoms with van der Waals surface area (Å²) in [6, 6.07) is 4.02. The Kier molecular flexibility index (Phi) is 5.67. The Morgan fingerprint density at radius 1 is 1.29 bits per heavy atom. The van der Waals surface area contributed by atoms with Gasteiger partial charge < -0.3 is 10.1 Å². The maximum atomic E-state index is 13.3. The third kappa shape index (κ3) is 4.46. The van der Waals surface area contributed by atoms with Crippen molar-refractivity contribution in [2.75, 3.05) is 26.7 Å². The lowest BCUT2D eigenvalue weighted by molar-refractivity contribution is -0.0502. The molecule has 1 aliphatic rings. The van der Waals surface area contributed by atoms with Gasteiger partial charge in [0.15, 0.2) is 0 Å². The van der Waals surface area contributed by atoms with Crippen LogP contribution in [0, 0.1) is 11.6 Å².